The van der Waals surface area contributed by atoms with E-state index < -0.39 is 5.97 Å². The third-order valence-corrected chi connectivity index (χ3v) is 2.23. The Labute approximate surface area is 99.8 Å². The number of carboxylic acids is 1. The van der Waals surface area contributed by atoms with E-state index in [4.69, 9.17) is 15.6 Å². The van der Waals surface area contributed by atoms with Gasteiger partial charge in [-0.2, -0.15) is 0 Å². The summed E-state index contributed by atoms with van der Waals surface area (Å²) in [7, 11) is 0. The maximum Gasteiger partial charge on any atom is 0.337 e. The Hall–Kier alpha value is -1.82. The predicted octanol–water partition coefficient (Wildman–Crippen LogP) is 1.20. The van der Waals surface area contributed by atoms with E-state index >= 15 is 0 Å². The first-order valence-corrected chi connectivity index (χ1v) is 5.39. The first-order valence-electron chi connectivity index (χ1n) is 5.39. The molecule has 4 N–H and O–H groups in total. The number of aromatic nitrogens is 1. The van der Waals surface area contributed by atoms with Crippen LogP contribution in [-0.4, -0.2) is 35.3 Å². The Kier molecular flexibility index (Phi) is 4.71. The third-order valence-electron chi connectivity index (χ3n) is 2.23. The van der Waals surface area contributed by atoms with Crippen molar-refractivity contribution in [3.05, 3.63) is 17.8 Å². The zero-order valence-electron chi connectivity index (χ0n) is 9.93. The zero-order chi connectivity index (χ0) is 12.8. The standard InChI is InChI=1S/C11H17N3O3/c1-3-17-7(2)6-14-10-9(12)8(11(15)16)4-5-13-10/h4-5,7H,3,6,12H2,1-2H3,(H,13,14)(H,15,16). The van der Waals surface area contributed by atoms with Crippen LogP contribution >= 0.6 is 0 Å². The average Bonchev–Trinajstić information content (AvgIpc) is 2.27. The molecule has 94 valence electrons. The Bertz CT molecular complexity index is 396. The van der Waals surface area contributed by atoms with E-state index in [9.17, 15) is 4.79 Å². The normalized spacial score (nSPS) is 12.1. The SMILES string of the molecule is CCOC(C)CNc1nccc(C(=O)O)c1N. The first kappa shape index (κ1) is 13.2. The monoisotopic (exact) mass is 239 g/mol. The molecule has 0 bridgehead atoms. The van der Waals surface area contributed by atoms with E-state index in [1.165, 1.54) is 12.3 Å². The maximum absolute atomic E-state index is 10.9. The molecule has 0 saturated carbocycles. The van der Waals surface area contributed by atoms with Crippen LogP contribution in [0.25, 0.3) is 0 Å². The number of pyridine rings is 1. The molecule has 1 unspecified atom stereocenters. The largest absolute Gasteiger partial charge is 0.478 e. The summed E-state index contributed by atoms with van der Waals surface area (Å²) in [6.07, 6.45) is 1.42. The first-order chi connectivity index (χ1) is 8.06. The molecule has 1 rings (SSSR count). The third kappa shape index (κ3) is 3.60. The van der Waals surface area contributed by atoms with Crippen LogP contribution in [0.15, 0.2) is 12.3 Å². The lowest BCUT2D eigenvalue weighted by atomic mass is 10.2. The van der Waals surface area contributed by atoms with Gasteiger partial charge in [0.25, 0.3) is 0 Å². The van der Waals surface area contributed by atoms with Crippen LogP contribution < -0.4 is 11.1 Å². The van der Waals surface area contributed by atoms with Crippen LogP contribution in [0, 0.1) is 0 Å². The van der Waals surface area contributed by atoms with Gasteiger partial charge < -0.3 is 20.9 Å². The van der Waals surface area contributed by atoms with Crippen molar-refractivity contribution in [3.8, 4) is 0 Å². The molecular weight excluding hydrogens is 222 g/mol. The summed E-state index contributed by atoms with van der Waals surface area (Å²) in [5.41, 5.74) is 5.89. The number of carboxylic acid groups (broad SMARTS) is 1. The molecule has 0 aromatic carbocycles. The van der Waals surface area contributed by atoms with E-state index in [1.54, 1.807) is 0 Å². The van der Waals surface area contributed by atoms with Gasteiger partial charge in [-0.3, -0.25) is 0 Å². The molecule has 1 aromatic heterocycles. The molecule has 6 nitrogen and oxygen atoms in total. The smallest absolute Gasteiger partial charge is 0.337 e. The number of carbonyl (C=O) groups is 1. The van der Waals surface area contributed by atoms with Crippen molar-refractivity contribution in [1.29, 1.82) is 0 Å². The lowest BCUT2D eigenvalue weighted by Gasteiger charge is -2.14. The van der Waals surface area contributed by atoms with Crippen molar-refractivity contribution in [2.75, 3.05) is 24.2 Å². The average molecular weight is 239 g/mol. The summed E-state index contributed by atoms with van der Waals surface area (Å²) >= 11 is 0. The molecule has 0 radical (unpaired) electrons. The van der Waals surface area contributed by atoms with E-state index in [2.05, 4.69) is 10.3 Å². The molecule has 0 fully saturated rings. The van der Waals surface area contributed by atoms with Gasteiger partial charge in [-0.05, 0) is 19.9 Å². The minimum Gasteiger partial charge on any atom is -0.478 e. The molecule has 0 aliphatic rings. The molecule has 17 heavy (non-hydrogen) atoms. The van der Waals surface area contributed by atoms with E-state index in [0.717, 1.165) is 0 Å². The highest BCUT2D eigenvalue weighted by atomic mass is 16.5. The van der Waals surface area contributed by atoms with Gasteiger partial charge in [-0.15, -0.1) is 0 Å². The van der Waals surface area contributed by atoms with Gasteiger partial charge >= 0.3 is 5.97 Å². The van der Waals surface area contributed by atoms with E-state index in [-0.39, 0.29) is 17.4 Å². The highest BCUT2D eigenvalue weighted by Crippen LogP contribution is 2.19. The quantitative estimate of drug-likeness (QED) is 0.690. The molecular formula is C11H17N3O3. The highest BCUT2D eigenvalue weighted by Gasteiger charge is 2.12. The number of hydrogen-bond donors (Lipinski definition) is 3. The Morgan fingerprint density at radius 2 is 2.41 bits per heavy atom. The van der Waals surface area contributed by atoms with Gasteiger partial charge in [-0.25, -0.2) is 9.78 Å². The van der Waals surface area contributed by atoms with Crippen molar-refractivity contribution < 1.29 is 14.6 Å². The van der Waals surface area contributed by atoms with Gasteiger partial charge in [0, 0.05) is 19.3 Å². The summed E-state index contributed by atoms with van der Waals surface area (Å²) < 4.78 is 5.33. The Balaban J connectivity index is 2.72. The molecule has 1 heterocycles. The van der Waals surface area contributed by atoms with Crippen molar-refractivity contribution in [3.63, 3.8) is 0 Å². The Morgan fingerprint density at radius 3 is 3.00 bits per heavy atom. The lowest BCUT2D eigenvalue weighted by molar-refractivity contribution is 0.0698. The predicted molar refractivity (Wildman–Crippen MR) is 65.2 cm³/mol. The van der Waals surface area contributed by atoms with E-state index in [0.29, 0.717) is 19.0 Å². The number of nitrogens with one attached hydrogen (secondary N) is 1. The van der Waals surface area contributed by atoms with Gasteiger partial charge in [0.2, 0.25) is 0 Å². The number of rotatable bonds is 6. The van der Waals surface area contributed by atoms with Crippen molar-refractivity contribution in [2.24, 2.45) is 0 Å². The van der Waals surface area contributed by atoms with Crippen molar-refractivity contribution >= 4 is 17.5 Å². The second kappa shape index (κ2) is 6.05. The summed E-state index contributed by atoms with van der Waals surface area (Å²) in [6, 6.07) is 1.37. The zero-order valence-corrected chi connectivity index (χ0v) is 9.93. The van der Waals surface area contributed by atoms with E-state index in [1.807, 2.05) is 13.8 Å². The highest BCUT2D eigenvalue weighted by molar-refractivity contribution is 5.96. The van der Waals surface area contributed by atoms with Crippen LogP contribution in [0.2, 0.25) is 0 Å². The molecule has 1 atom stereocenters. The fraction of sp³-hybridized carbons (Fsp3) is 0.455. The van der Waals surface area contributed by atoms with Gasteiger partial charge in [-0.1, -0.05) is 0 Å². The number of anilines is 2. The maximum atomic E-state index is 10.9. The van der Waals surface area contributed by atoms with Crippen LogP contribution in [0.4, 0.5) is 11.5 Å². The molecule has 0 aliphatic heterocycles. The number of hydrogen-bond acceptors (Lipinski definition) is 5. The molecule has 0 spiro atoms. The van der Waals surface area contributed by atoms with Crippen LogP contribution in [-0.2, 0) is 4.74 Å². The van der Waals surface area contributed by atoms with Crippen molar-refractivity contribution in [1.82, 2.24) is 4.98 Å². The second-order valence-electron chi connectivity index (χ2n) is 3.57. The van der Waals surface area contributed by atoms with Gasteiger partial charge in [0.1, 0.15) is 5.82 Å². The minimum atomic E-state index is -1.06. The number of aromatic carboxylic acids is 1. The Morgan fingerprint density at radius 1 is 1.71 bits per heavy atom. The van der Waals surface area contributed by atoms with Crippen LogP contribution in [0.1, 0.15) is 24.2 Å². The molecule has 0 amide bonds. The summed E-state index contributed by atoms with van der Waals surface area (Å²) in [6.45, 7) is 4.97. The summed E-state index contributed by atoms with van der Waals surface area (Å²) in [5, 5.41) is 11.9. The molecule has 6 heteroatoms. The number of ether oxygens (including phenoxy) is 1. The molecule has 0 aliphatic carbocycles. The van der Waals surface area contributed by atoms with Crippen molar-refractivity contribution in [2.45, 2.75) is 20.0 Å². The number of nitrogens with two attached hydrogens (primary N) is 1. The topological polar surface area (TPSA) is 97.5 Å². The van der Waals surface area contributed by atoms with Gasteiger partial charge in [0.15, 0.2) is 0 Å². The lowest BCUT2D eigenvalue weighted by Crippen LogP contribution is -2.21. The minimum absolute atomic E-state index is 0.00897. The fourth-order valence-electron chi connectivity index (χ4n) is 1.38. The summed E-state index contributed by atoms with van der Waals surface area (Å²) in [4.78, 5) is 14.9. The van der Waals surface area contributed by atoms with Crippen LogP contribution in [0.5, 0.6) is 0 Å². The number of nitrogens with zero attached hydrogens (tertiary/aromatic N) is 1. The fourth-order valence-corrected chi connectivity index (χ4v) is 1.38. The molecule has 0 saturated heterocycles. The van der Waals surface area contributed by atoms with Crippen LogP contribution in [0.3, 0.4) is 0 Å². The second-order valence-corrected chi connectivity index (χ2v) is 3.57. The van der Waals surface area contributed by atoms with Gasteiger partial charge in [0.05, 0.1) is 17.4 Å². The number of nitrogen functional groups attached to an aromatic ring is 1. The summed E-state index contributed by atoms with van der Waals surface area (Å²) in [5.74, 6) is -0.692. The molecule has 1 aromatic rings.